The van der Waals surface area contributed by atoms with E-state index in [-0.39, 0.29) is 0 Å². The van der Waals surface area contributed by atoms with E-state index in [0.717, 1.165) is 36.6 Å². The molecule has 0 aliphatic heterocycles. The highest BCUT2D eigenvalue weighted by molar-refractivity contribution is 5.85. The summed E-state index contributed by atoms with van der Waals surface area (Å²) < 4.78 is 0. The van der Waals surface area contributed by atoms with E-state index in [1.165, 1.54) is 18.2 Å². The molecule has 2 aromatic rings. The molecule has 0 spiro atoms. The molecule has 1 aromatic carbocycles. The van der Waals surface area contributed by atoms with Crippen molar-refractivity contribution in [1.82, 2.24) is 4.98 Å². The van der Waals surface area contributed by atoms with Crippen molar-refractivity contribution >= 4 is 10.8 Å². The average Bonchev–Trinajstić information content (AvgIpc) is 2.64. The lowest BCUT2D eigenvalue weighted by Crippen LogP contribution is -2.25. The zero-order valence-electron chi connectivity index (χ0n) is 10.6. The molecule has 1 aliphatic carbocycles. The van der Waals surface area contributed by atoms with E-state index in [2.05, 4.69) is 17.1 Å². The van der Waals surface area contributed by atoms with E-state index in [9.17, 15) is 5.11 Å². The third-order valence-electron chi connectivity index (χ3n) is 4.12. The standard InChI is InChI=1S/C16H19NO/c18-16(9-3-1-2-4-10-16)15-7-5-6-13-8-11-17-12-14(13)15/h5-8,11-12,18H,1-4,9-10H2. The van der Waals surface area contributed by atoms with Gasteiger partial charge < -0.3 is 5.11 Å². The number of aromatic nitrogens is 1. The van der Waals surface area contributed by atoms with Gasteiger partial charge >= 0.3 is 0 Å². The Bertz CT molecular complexity index is 536. The molecule has 3 rings (SSSR count). The van der Waals surface area contributed by atoms with Crippen molar-refractivity contribution in [2.24, 2.45) is 0 Å². The Morgan fingerprint density at radius 1 is 1.00 bits per heavy atom. The molecule has 0 atom stereocenters. The largest absolute Gasteiger partial charge is 0.385 e. The predicted molar refractivity (Wildman–Crippen MR) is 73.3 cm³/mol. The van der Waals surface area contributed by atoms with Gasteiger partial charge in [-0.3, -0.25) is 4.98 Å². The van der Waals surface area contributed by atoms with Crippen LogP contribution in [0.3, 0.4) is 0 Å². The number of hydrogen-bond acceptors (Lipinski definition) is 2. The van der Waals surface area contributed by atoms with Gasteiger partial charge in [0.1, 0.15) is 0 Å². The highest BCUT2D eigenvalue weighted by Gasteiger charge is 2.31. The number of aliphatic hydroxyl groups is 1. The molecule has 2 heteroatoms. The van der Waals surface area contributed by atoms with Gasteiger partial charge in [-0.1, -0.05) is 43.9 Å². The minimum absolute atomic E-state index is 0.654. The summed E-state index contributed by atoms with van der Waals surface area (Å²) in [7, 11) is 0. The van der Waals surface area contributed by atoms with E-state index in [4.69, 9.17) is 0 Å². The minimum atomic E-state index is -0.654. The normalized spacial score (nSPS) is 19.6. The minimum Gasteiger partial charge on any atom is -0.385 e. The highest BCUT2D eigenvalue weighted by Crippen LogP contribution is 2.38. The molecule has 1 heterocycles. The second kappa shape index (κ2) is 4.69. The summed E-state index contributed by atoms with van der Waals surface area (Å²) in [6.45, 7) is 0. The molecule has 0 radical (unpaired) electrons. The lowest BCUT2D eigenvalue weighted by molar-refractivity contribution is 0.0222. The number of fused-ring (bicyclic) bond motifs is 1. The van der Waals surface area contributed by atoms with Crippen LogP contribution in [0.5, 0.6) is 0 Å². The Balaban J connectivity index is 2.12. The summed E-state index contributed by atoms with van der Waals surface area (Å²) in [4.78, 5) is 4.21. The number of hydrogen-bond donors (Lipinski definition) is 1. The van der Waals surface area contributed by atoms with Gasteiger partial charge in [0.05, 0.1) is 5.60 Å². The molecule has 1 fully saturated rings. The van der Waals surface area contributed by atoms with Gasteiger partial charge in [-0.05, 0) is 29.9 Å². The molecule has 1 aliphatic rings. The summed E-state index contributed by atoms with van der Waals surface area (Å²) in [5, 5.41) is 13.3. The van der Waals surface area contributed by atoms with Crippen LogP contribution in [-0.4, -0.2) is 10.1 Å². The fraction of sp³-hybridized carbons (Fsp3) is 0.438. The maximum atomic E-state index is 11.0. The van der Waals surface area contributed by atoms with Gasteiger partial charge in [0.2, 0.25) is 0 Å². The van der Waals surface area contributed by atoms with Gasteiger partial charge in [-0.15, -0.1) is 0 Å². The van der Waals surface area contributed by atoms with Crippen molar-refractivity contribution in [3.05, 3.63) is 42.2 Å². The monoisotopic (exact) mass is 241 g/mol. The smallest absolute Gasteiger partial charge is 0.0903 e. The van der Waals surface area contributed by atoms with E-state index in [1.54, 1.807) is 0 Å². The summed E-state index contributed by atoms with van der Waals surface area (Å²) in [6, 6.07) is 8.20. The Kier molecular flexibility index (Phi) is 3.04. The lowest BCUT2D eigenvalue weighted by atomic mass is 9.84. The van der Waals surface area contributed by atoms with Crippen LogP contribution in [0.4, 0.5) is 0 Å². The molecule has 0 bridgehead atoms. The Morgan fingerprint density at radius 3 is 2.56 bits per heavy atom. The third kappa shape index (κ3) is 2.01. The second-order valence-electron chi connectivity index (χ2n) is 5.35. The fourth-order valence-electron chi connectivity index (χ4n) is 3.10. The molecule has 0 saturated heterocycles. The van der Waals surface area contributed by atoms with Crippen LogP contribution in [0.1, 0.15) is 44.1 Å². The van der Waals surface area contributed by atoms with Crippen LogP contribution in [0.25, 0.3) is 10.8 Å². The van der Waals surface area contributed by atoms with E-state index in [0.29, 0.717) is 0 Å². The zero-order valence-corrected chi connectivity index (χ0v) is 10.6. The molecule has 1 N–H and O–H groups in total. The van der Waals surface area contributed by atoms with Gasteiger partial charge in [0, 0.05) is 17.8 Å². The summed E-state index contributed by atoms with van der Waals surface area (Å²) in [5.41, 5.74) is 0.411. The first kappa shape index (κ1) is 11.7. The molecule has 18 heavy (non-hydrogen) atoms. The molecular formula is C16H19NO. The molecule has 0 amide bonds. The van der Waals surface area contributed by atoms with Crippen molar-refractivity contribution < 1.29 is 5.11 Å². The first-order chi connectivity index (χ1) is 8.80. The topological polar surface area (TPSA) is 33.1 Å². The summed E-state index contributed by atoms with van der Waals surface area (Å²) in [6.07, 6.45) is 10.2. The maximum absolute atomic E-state index is 11.0. The van der Waals surface area contributed by atoms with Crippen LogP contribution < -0.4 is 0 Å². The quantitative estimate of drug-likeness (QED) is 0.771. The Morgan fingerprint density at radius 2 is 1.78 bits per heavy atom. The average molecular weight is 241 g/mol. The molecule has 0 unspecified atom stereocenters. The van der Waals surface area contributed by atoms with E-state index < -0.39 is 5.60 Å². The molecule has 94 valence electrons. The van der Waals surface area contributed by atoms with Crippen LogP contribution in [-0.2, 0) is 5.60 Å². The Hall–Kier alpha value is -1.41. The number of benzene rings is 1. The number of rotatable bonds is 1. The van der Waals surface area contributed by atoms with Crippen molar-refractivity contribution in [3.63, 3.8) is 0 Å². The highest BCUT2D eigenvalue weighted by atomic mass is 16.3. The van der Waals surface area contributed by atoms with Crippen LogP contribution in [0.2, 0.25) is 0 Å². The molecule has 2 nitrogen and oxygen atoms in total. The molecular weight excluding hydrogens is 222 g/mol. The van der Waals surface area contributed by atoms with Gasteiger partial charge in [-0.25, -0.2) is 0 Å². The number of nitrogens with zero attached hydrogens (tertiary/aromatic N) is 1. The first-order valence-corrected chi connectivity index (χ1v) is 6.85. The SMILES string of the molecule is OC1(c2cccc3ccncc23)CCCCCC1. The lowest BCUT2D eigenvalue weighted by Gasteiger charge is -2.28. The van der Waals surface area contributed by atoms with Crippen molar-refractivity contribution in [2.45, 2.75) is 44.1 Å². The molecule has 1 aromatic heterocycles. The predicted octanol–water partition coefficient (Wildman–Crippen LogP) is 3.78. The van der Waals surface area contributed by atoms with Crippen molar-refractivity contribution in [1.29, 1.82) is 0 Å². The van der Waals surface area contributed by atoms with Crippen LogP contribution in [0, 0.1) is 0 Å². The van der Waals surface area contributed by atoms with Gasteiger partial charge in [-0.2, -0.15) is 0 Å². The molecule has 1 saturated carbocycles. The van der Waals surface area contributed by atoms with E-state index in [1.807, 2.05) is 24.5 Å². The van der Waals surface area contributed by atoms with E-state index >= 15 is 0 Å². The van der Waals surface area contributed by atoms with Gasteiger partial charge in [0.25, 0.3) is 0 Å². The first-order valence-electron chi connectivity index (χ1n) is 6.85. The Labute approximate surface area is 108 Å². The maximum Gasteiger partial charge on any atom is 0.0903 e. The second-order valence-corrected chi connectivity index (χ2v) is 5.35. The summed E-state index contributed by atoms with van der Waals surface area (Å²) in [5.74, 6) is 0. The summed E-state index contributed by atoms with van der Waals surface area (Å²) >= 11 is 0. The zero-order chi connectivity index (χ0) is 12.4. The van der Waals surface area contributed by atoms with Gasteiger partial charge in [0.15, 0.2) is 0 Å². The van der Waals surface area contributed by atoms with Crippen LogP contribution in [0.15, 0.2) is 36.7 Å². The third-order valence-corrected chi connectivity index (χ3v) is 4.12. The van der Waals surface area contributed by atoms with Crippen molar-refractivity contribution in [3.8, 4) is 0 Å². The van der Waals surface area contributed by atoms with Crippen LogP contribution >= 0.6 is 0 Å². The van der Waals surface area contributed by atoms with Crippen molar-refractivity contribution in [2.75, 3.05) is 0 Å². The number of pyridine rings is 1. The fourth-order valence-corrected chi connectivity index (χ4v) is 3.10.